The first-order chi connectivity index (χ1) is 8.15. The van der Waals surface area contributed by atoms with Crippen LogP contribution in [0.1, 0.15) is 22.1 Å². The summed E-state index contributed by atoms with van der Waals surface area (Å²) in [6.45, 7) is 2.07. The number of rotatable bonds is 3. The summed E-state index contributed by atoms with van der Waals surface area (Å²) in [5.74, 6) is 0. The lowest BCUT2D eigenvalue weighted by atomic mass is 10.0. The molecule has 2 aromatic carbocycles. The van der Waals surface area contributed by atoms with Crippen molar-refractivity contribution in [1.29, 1.82) is 0 Å². The van der Waals surface area contributed by atoms with Crippen LogP contribution in [0.5, 0.6) is 0 Å². The molecule has 0 aliphatic carbocycles. The lowest BCUT2D eigenvalue weighted by Gasteiger charge is -2.10. The normalized spacial score (nSPS) is 12.4. The molecule has 0 heterocycles. The van der Waals surface area contributed by atoms with Crippen LogP contribution in [0.15, 0.2) is 48.5 Å². The Hall–Kier alpha value is -0.980. The summed E-state index contributed by atoms with van der Waals surface area (Å²) < 4.78 is 0. The van der Waals surface area contributed by atoms with E-state index in [0.29, 0.717) is 0 Å². The average Bonchev–Trinajstić information content (AvgIpc) is 2.29. The largest absolute Gasteiger partial charge is 0.117 e. The molecular weight excluding hydrogens is 251 g/mol. The zero-order chi connectivity index (χ0) is 12.3. The SMILES string of the molecule is Cc1ccc(C(Cl)Cc2cccc(Cl)c2)cc1. The van der Waals surface area contributed by atoms with Crippen molar-refractivity contribution in [2.75, 3.05) is 0 Å². The molecule has 2 heteroatoms. The molecule has 0 bridgehead atoms. The van der Waals surface area contributed by atoms with Gasteiger partial charge in [-0.25, -0.2) is 0 Å². The minimum atomic E-state index is -0.00549. The van der Waals surface area contributed by atoms with Crippen molar-refractivity contribution in [3.8, 4) is 0 Å². The summed E-state index contributed by atoms with van der Waals surface area (Å²) in [6.07, 6.45) is 0.797. The van der Waals surface area contributed by atoms with E-state index in [2.05, 4.69) is 37.3 Å². The number of halogens is 2. The molecule has 1 atom stereocenters. The van der Waals surface area contributed by atoms with E-state index in [1.54, 1.807) is 0 Å². The molecular formula is C15H14Cl2. The van der Waals surface area contributed by atoms with E-state index in [0.717, 1.165) is 22.6 Å². The van der Waals surface area contributed by atoms with E-state index < -0.39 is 0 Å². The van der Waals surface area contributed by atoms with E-state index in [9.17, 15) is 0 Å². The highest BCUT2D eigenvalue weighted by Crippen LogP contribution is 2.26. The Morgan fingerprint density at radius 2 is 1.76 bits per heavy atom. The van der Waals surface area contributed by atoms with Gasteiger partial charge in [0.25, 0.3) is 0 Å². The molecule has 0 N–H and O–H groups in total. The van der Waals surface area contributed by atoms with Crippen LogP contribution >= 0.6 is 23.2 Å². The fourth-order valence-corrected chi connectivity index (χ4v) is 2.30. The van der Waals surface area contributed by atoms with E-state index in [4.69, 9.17) is 23.2 Å². The third kappa shape index (κ3) is 3.49. The van der Waals surface area contributed by atoms with Gasteiger partial charge in [0.1, 0.15) is 0 Å². The van der Waals surface area contributed by atoms with Gasteiger partial charge < -0.3 is 0 Å². The molecule has 0 aromatic heterocycles. The highest BCUT2D eigenvalue weighted by Gasteiger charge is 2.08. The molecule has 0 aliphatic heterocycles. The Bertz CT molecular complexity index is 489. The highest BCUT2D eigenvalue weighted by molar-refractivity contribution is 6.30. The fraction of sp³-hybridized carbons (Fsp3) is 0.200. The van der Waals surface area contributed by atoms with Crippen molar-refractivity contribution in [2.24, 2.45) is 0 Å². The summed E-state index contributed by atoms with van der Waals surface area (Å²) in [6, 6.07) is 16.2. The Balaban J connectivity index is 2.11. The average molecular weight is 265 g/mol. The van der Waals surface area contributed by atoms with E-state index in [-0.39, 0.29) is 5.38 Å². The van der Waals surface area contributed by atoms with Gasteiger partial charge in [-0.3, -0.25) is 0 Å². The van der Waals surface area contributed by atoms with Crippen LogP contribution in [0.2, 0.25) is 5.02 Å². The van der Waals surface area contributed by atoms with Crippen LogP contribution in [0.4, 0.5) is 0 Å². The number of aryl methyl sites for hydroxylation is 1. The van der Waals surface area contributed by atoms with Gasteiger partial charge >= 0.3 is 0 Å². The number of benzene rings is 2. The van der Waals surface area contributed by atoms with Gasteiger partial charge in [0, 0.05) is 5.02 Å². The van der Waals surface area contributed by atoms with Crippen LogP contribution < -0.4 is 0 Å². The molecule has 88 valence electrons. The highest BCUT2D eigenvalue weighted by atomic mass is 35.5. The second-order valence-corrected chi connectivity index (χ2v) is 5.18. The van der Waals surface area contributed by atoms with Crippen LogP contribution in [0.3, 0.4) is 0 Å². The molecule has 2 aromatic rings. The molecule has 17 heavy (non-hydrogen) atoms. The summed E-state index contributed by atoms with van der Waals surface area (Å²) in [5, 5.41) is 0.754. The lowest BCUT2D eigenvalue weighted by Crippen LogP contribution is -1.95. The molecule has 0 amide bonds. The van der Waals surface area contributed by atoms with Crippen molar-refractivity contribution >= 4 is 23.2 Å². The fourth-order valence-electron chi connectivity index (χ4n) is 1.76. The van der Waals surface area contributed by atoms with Gasteiger partial charge in [-0.2, -0.15) is 0 Å². The van der Waals surface area contributed by atoms with Crippen molar-refractivity contribution in [3.05, 3.63) is 70.2 Å². The number of alkyl halides is 1. The van der Waals surface area contributed by atoms with Gasteiger partial charge in [-0.1, -0.05) is 53.6 Å². The predicted molar refractivity (Wildman–Crippen MR) is 74.9 cm³/mol. The predicted octanol–water partition coefficient (Wildman–Crippen LogP) is 5.17. The van der Waals surface area contributed by atoms with E-state index in [1.807, 2.05) is 18.2 Å². The first-order valence-electron chi connectivity index (χ1n) is 5.60. The zero-order valence-corrected chi connectivity index (χ0v) is 11.2. The molecule has 0 saturated heterocycles. The Morgan fingerprint density at radius 3 is 2.41 bits per heavy atom. The maximum absolute atomic E-state index is 6.40. The monoisotopic (exact) mass is 264 g/mol. The van der Waals surface area contributed by atoms with Crippen LogP contribution in [0.25, 0.3) is 0 Å². The van der Waals surface area contributed by atoms with Crippen LogP contribution in [-0.4, -0.2) is 0 Å². The minimum absolute atomic E-state index is 0.00549. The summed E-state index contributed by atoms with van der Waals surface area (Å²) >= 11 is 12.4. The van der Waals surface area contributed by atoms with Crippen molar-refractivity contribution < 1.29 is 0 Å². The first kappa shape index (κ1) is 12.5. The standard InChI is InChI=1S/C15H14Cl2/c1-11-5-7-13(8-6-11)15(17)10-12-3-2-4-14(16)9-12/h2-9,15H,10H2,1H3. The molecule has 0 fully saturated rings. The third-order valence-corrected chi connectivity index (χ3v) is 3.38. The van der Waals surface area contributed by atoms with Gasteiger partial charge in [0.2, 0.25) is 0 Å². The van der Waals surface area contributed by atoms with Crippen LogP contribution in [0, 0.1) is 6.92 Å². The van der Waals surface area contributed by atoms with Gasteiger partial charge in [0.05, 0.1) is 5.38 Å². The lowest BCUT2D eigenvalue weighted by molar-refractivity contribution is 0.919. The molecule has 0 radical (unpaired) electrons. The van der Waals surface area contributed by atoms with Gasteiger partial charge in [-0.05, 0) is 36.6 Å². The third-order valence-electron chi connectivity index (χ3n) is 2.74. The summed E-state index contributed by atoms with van der Waals surface area (Å²) in [7, 11) is 0. The second-order valence-electron chi connectivity index (χ2n) is 4.21. The number of hydrogen-bond donors (Lipinski definition) is 0. The smallest absolute Gasteiger partial charge is 0.0625 e. The van der Waals surface area contributed by atoms with Crippen molar-refractivity contribution in [1.82, 2.24) is 0 Å². The Labute approximate surface area is 112 Å². The first-order valence-corrected chi connectivity index (χ1v) is 6.41. The molecule has 0 spiro atoms. The summed E-state index contributed by atoms with van der Waals surface area (Å²) in [5.41, 5.74) is 3.57. The Kier molecular flexibility index (Phi) is 4.09. The topological polar surface area (TPSA) is 0 Å². The van der Waals surface area contributed by atoms with Gasteiger partial charge in [-0.15, -0.1) is 11.6 Å². The molecule has 0 aliphatic rings. The maximum atomic E-state index is 6.40. The number of hydrogen-bond acceptors (Lipinski definition) is 0. The second kappa shape index (κ2) is 5.57. The molecule has 0 saturated carbocycles. The van der Waals surface area contributed by atoms with Crippen molar-refractivity contribution in [2.45, 2.75) is 18.7 Å². The summed E-state index contributed by atoms with van der Waals surface area (Å²) in [4.78, 5) is 0. The van der Waals surface area contributed by atoms with Crippen molar-refractivity contribution in [3.63, 3.8) is 0 Å². The Morgan fingerprint density at radius 1 is 1.06 bits per heavy atom. The van der Waals surface area contributed by atoms with E-state index in [1.165, 1.54) is 5.56 Å². The van der Waals surface area contributed by atoms with E-state index >= 15 is 0 Å². The molecule has 2 rings (SSSR count). The minimum Gasteiger partial charge on any atom is -0.117 e. The molecule has 0 nitrogen and oxygen atoms in total. The quantitative estimate of drug-likeness (QED) is 0.671. The van der Waals surface area contributed by atoms with Crippen LogP contribution in [-0.2, 0) is 6.42 Å². The zero-order valence-electron chi connectivity index (χ0n) is 9.66. The molecule has 1 unspecified atom stereocenters. The van der Waals surface area contributed by atoms with Gasteiger partial charge in [0.15, 0.2) is 0 Å². The maximum Gasteiger partial charge on any atom is 0.0625 e.